The highest BCUT2D eigenvalue weighted by molar-refractivity contribution is 9.11. The van der Waals surface area contributed by atoms with Gasteiger partial charge in [0.05, 0.1) is 18.0 Å². The molecule has 0 radical (unpaired) electrons. The number of amides is 1. The van der Waals surface area contributed by atoms with Crippen LogP contribution in [0.1, 0.15) is 6.42 Å². The maximum atomic E-state index is 11.5. The Morgan fingerprint density at radius 1 is 1.71 bits per heavy atom. The van der Waals surface area contributed by atoms with Gasteiger partial charge in [0, 0.05) is 18.5 Å². The number of carbonyl (C=O) groups is 1. The van der Waals surface area contributed by atoms with Gasteiger partial charge in [-0.3, -0.25) is 14.7 Å². The van der Waals surface area contributed by atoms with Gasteiger partial charge in [-0.2, -0.15) is 0 Å². The molecule has 0 fully saturated rings. The first-order valence-corrected chi connectivity index (χ1v) is 4.98. The molecule has 1 amide bonds. The number of methoxy groups -OCH3 is 1. The van der Waals surface area contributed by atoms with E-state index in [4.69, 9.17) is 4.74 Å². The lowest BCUT2D eigenvalue weighted by Crippen LogP contribution is -2.39. The zero-order chi connectivity index (χ0) is 10.1. The summed E-state index contributed by atoms with van der Waals surface area (Å²) in [5.74, 6) is 0.756. The second-order valence-corrected chi connectivity index (χ2v) is 3.82. The average molecular weight is 257 g/mol. The number of nitrogens with zero attached hydrogens (tertiary/aromatic N) is 2. The number of ether oxygens (including phenoxy) is 1. The van der Waals surface area contributed by atoms with Crippen molar-refractivity contribution in [3.05, 3.63) is 22.5 Å². The third-order valence-electron chi connectivity index (χ3n) is 2.11. The number of halogens is 1. The molecular formula is C9H9BrN2O2. The Balaban J connectivity index is 2.34. The Hall–Kier alpha value is -1.10. The summed E-state index contributed by atoms with van der Waals surface area (Å²) in [5, 5.41) is 0. The molecule has 0 aromatic heterocycles. The first-order chi connectivity index (χ1) is 6.72. The largest absolute Gasteiger partial charge is 0.496 e. The lowest BCUT2D eigenvalue weighted by atomic mass is 10.2. The van der Waals surface area contributed by atoms with E-state index < -0.39 is 0 Å². The molecule has 0 saturated heterocycles. The van der Waals surface area contributed by atoms with E-state index in [0.717, 1.165) is 4.48 Å². The minimum atomic E-state index is -0.243. The Morgan fingerprint density at radius 2 is 2.50 bits per heavy atom. The standard InChI is InChI=1S/C9H9BrN2O2/c1-14-7-4-8-11-3-2-9(13)12(8)5-6(7)10/h3-5,8H,2H2,1H3. The van der Waals surface area contributed by atoms with E-state index in [1.165, 1.54) is 0 Å². The van der Waals surface area contributed by atoms with Crippen LogP contribution >= 0.6 is 15.9 Å². The van der Waals surface area contributed by atoms with Gasteiger partial charge < -0.3 is 4.74 Å². The maximum Gasteiger partial charge on any atom is 0.233 e. The summed E-state index contributed by atoms with van der Waals surface area (Å²) in [6, 6.07) is 0. The van der Waals surface area contributed by atoms with Gasteiger partial charge in [0.2, 0.25) is 5.91 Å². The highest BCUT2D eigenvalue weighted by Crippen LogP contribution is 2.27. The van der Waals surface area contributed by atoms with E-state index in [9.17, 15) is 4.79 Å². The van der Waals surface area contributed by atoms with Crippen molar-refractivity contribution in [2.45, 2.75) is 12.6 Å². The van der Waals surface area contributed by atoms with Crippen molar-refractivity contribution < 1.29 is 9.53 Å². The summed E-state index contributed by atoms with van der Waals surface area (Å²) >= 11 is 3.33. The monoisotopic (exact) mass is 256 g/mol. The molecule has 0 aromatic rings. The van der Waals surface area contributed by atoms with Crippen LogP contribution in [-0.2, 0) is 9.53 Å². The normalized spacial score (nSPS) is 25.4. The number of hydrogen-bond donors (Lipinski definition) is 0. The third kappa shape index (κ3) is 1.48. The van der Waals surface area contributed by atoms with Crippen LogP contribution in [0.5, 0.6) is 0 Å². The molecule has 74 valence electrons. The summed E-state index contributed by atoms with van der Waals surface area (Å²) in [4.78, 5) is 17.3. The van der Waals surface area contributed by atoms with Crippen molar-refractivity contribution in [2.24, 2.45) is 4.99 Å². The van der Waals surface area contributed by atoms with Crippen molar-refractivity contribution >= 4 is 28.1 Å². The molecule has 0 bridgehead atoms. The highest BCUT2D eigenvalue weighted by Gasteiger charge is 2.27. The fourth-order valence-corrected chi connectivity index (χ4v) is 1.92. The minimum absolute atomic E-state index is 0.0494. The van der Waals surface area contributed by atoms with Gasteiger partial charge in [0.25, 0.3) is 0 Å². The number of allylic oxidation sites excluding steroid dienone is 1. The number of rotatable bonds is 1. The maximum absolute atomic E-state index is 11.5. The molecule has 2 rings (SSSR count). The van der Waals surface area contributed by atoms with Crippen molar-refractivity contribution in [1.82, 2.24) is 4.90 Å². The average Bonchev–Trinajstić information content (AvgIpc) is 2.19. The Bertz CT molecular complexity index is 360. The van der Waals surface area contributed by atoms with E-state index >= 15 is 0 Å². The molecule has 0 aromatic carbocycles. The summed E-state index contributed by atoms with van der Waals surface area (Å²) in [5.41, 5.74) is 0. The zero-order valence-corrected chi connectivity index (χ0v) is 9.19. The summed E-state index contributed by atoms with van der Waals surface area (Å²) in [7, 11) is 1.59. The molecule has 14 heavy (non-hydrogen) atoms. The second kappa shape index (κ2) is 3.57. The van der Waals surface area contributed by atoms with Gasteiger partial charge in [-0.05, 0) is 15.9 Å². The third-order valence-corrected chi connectivity index (χ3v) is 2.70. The Morgan fingerprint density at radius 3 is 3.21 bits per heavy atom. The van der Waals surface area contributed by atoms with E-state index in [2.05, 4.69) is 20.9 Å². The predicted octanol–water partition coefficient (Wildman–Crippen LogP) is 1.40. The molecule has 0 saturated carbocycles. The molecule has 2 heterocycles. The molecule has 2 aliphatic rings. The Kier molecular flexibility index (Phi) is 2.41. The summed E-state index contributed by atoms with van der Waals surface area (Å²) in [6.07, 6.45) is 5.27. The van der Waals surface area contributed by atoms with Crippen molar-refractivity contribution in [3.8, 4) is 0 Å². The van der Waals surface area contributed by atoms with E-state index in [1.54, 1.807) is 30.5 Å². The zero-order valence-electron chi connectivity index (χ0n) is 7.61. The number of carbonyl (C=O) groups excluding carboxylic acids is 1. The predicted molar refractivity (Wildman–Crippen MR) is 55.8 cm³/mol. The molecule has 4 nitrogen and oxygen atoms in total. The topological polar surface area (TPSA) is 41.9 Å². The minimum Gasteiger partial charge on any atom is -0.496 e. The van der Waals surface area contributed by atoms with Gasteiger partial charge in [-0.25, -0.2) is 0 Å². The highest BCUT2D eigenvalue weighted by atomic mass is 79.9. The van der Waals surface area contributed by atoms with Crippen LogP contribution in [-0.4, -0.2) is 30.3 Å². The fourth-order valence-electron chi connectivity index (χ4n) is 1.40. The van der Waals surface area contributed by atoms with Gasteiger partial charge in [-0.1, -0.05) is 0 Å². The van der Waals surface area contributed by atoms with Crippen LogP contribution in [0.15, 0.2) is 27.5 Å². The molecule has 0 spiro atoms. The van der Waals surface area contributed by atoms with Crippen LogP contribution < -0.4 is 0 Å². The van der Waals surface area contributed by atoms with E-state index in [0.29, 0.717) is 12.2 Å². The van der Waals surface area contributed by atoms with Crippen LogP contribution in [0.25, 0.3) is 0 Å². The number of fused-ring (bicyclic) bond motifs is 1. The van der Waals surface area contributed by atoms with Gasteiger partial charge in [-0.15, -0.1) is 0 Å². The van der Waals surface area contributed by atoms with Crippen LogP contribution in [0.4, 0.5) is 0 Å². The van der Waals surface area contributed by atoms with E-state index in [-0.39, 0.29) is 12.1 Å². The summed E-state index contributed by atoms with van der Waals surface area (Å²) < 4.78 is 5.89. The number of aliphatic imine (C=N–C) groups is 1. The smallest absolute Gasteiger partial charge is 0.233 e. The van der Waals surface area contributed by atoms with Gasteiger partial charge in [0.15, 0.2) is 0 Å². The summed E-state index contributed by atoms with van der Waals surface area (Å²) in [6.45, 7) is 0. The van der Waals surface area contributed by atoms with Crippen molar-refractivity contribution in [2.75, 3.05) is 7.11 Å². The van der Waals surface area contributed by atoms with Crippen LogP contribution in [0, 0.1) is 0 Å². The fraction of sp³-hybridized carbons (Fsp3) is 0.333. The van der Waals surface area contributed by atoms with Gasteiger partial charge in [0.1, 0.15) is 11.9 Å². The molecular weight excluding hydrogens is 248 g/mol. The van der Waals surface area contributed by atoms with Crippen molar-refractivity contribution in [1.29, 1.82) is 0 Å². The first kappa shape index (κ1) is 9.45. The molecule has 2 aliphatic heterocycles. The second-order valence-electron chi connectivity index (χ2n) is 2.96. The lowest BCUT2D eigenvalue weighted by Gasteiger charge is -2.30. The number of hydrogen-bond acceptors (Lipinski definition) is 3. The Labute approximate surface area is 90.1 Å². The lowest BCUT2D eigenvalue weighted by molar-refractivity contribution is -0.128. The molecule has 5 heteroatoms. The first-order valence-electron chi connectivity index (χ1n) is 4.18. The molecule has 0 aliphatic carbocycles. The quantitative estimate of drug-likeness (QED) is 0.712. The van der Waals surface area contributed by atoms with Crippen molar-refractivity contribution in [3.63, 3.8) is 0 Å². The van der Waals surface area contributed by atoms with Crippen LogP contribution in [0.3, 0.4) is 0 Å². The van der Waals surface area contributed by atoms with Gasteiger partial charge >= 0.3 is 0 Å². The SMILES string of the molecule is COC1=CC2N=CCC(=O)N2C=C1Br. The molecule has 1 unspecified atom stereocenters. The molecule has 0 N–H and O–H groups in total. The van der Waals surface area contributed by atoms with E-state index in [1.807, 2.05) is 0 Å². The van der Waals surface area contributed by atoms with Crippen LogP contribution in [0.2, 0.25) is 0 Å². The molecule has 1 atom stereocenters.